The van der Waals surface area contributed by atoms with E-state index in [9.17, 15) is 50.0 Å². The Morgan fingerprint density at radius 2 is 0.926 bits per heavy atom. The quantitative estimate of drug-likeness (QED) is 0.170. The molecule has 4 nitrogen and oxygen atoms in total. The van der Waals surface area contributed by atoms with E-state index in [1.807, 2.05) is 6.07 Å². The number of halogens is 9. The molecule has 54 heavy (non-hydrogen) atoms. The second-order valence-electron chi connectivity index (χ2n) is 12.5. The number of hydrogen-bond acceptors (Lipinski definition) is 2. The zero-order valence-corrected chi connectivity index (χ0v) is 27.2. The molecule has 0 spiro atoms. The van der Waals surface area contributed by atoms with Crippen LogP contribution in [0.15, 0.2) is 115 Å². The van der Waals surface area contributed by atoms with Gasteiger partial charge >= 0.3 is 18.5 Å². The standard InChI is InChI=1S/C41H19F9N4/c42-39(43,44)24-10-13-29-27-5-1-3-7-33(27)53(37(29)17-24)35-19-31(26-12-9-22(20-51)15-32(26)41(48,49)50)36(16-23(35)21-52)54-34-8-4-2-6-28(34)30-14-11-25(18-38(30)54)40(45,46)47/h1-19H. The van der Waals surface area contributed by atoms with Crippen molar-refractivity contribution in [1.29, 1.82) is 10.5 Å². The van der Waals surface area contributed by atoms with Gasteiger partial charge in [0.1, 0.15) is 6.07 Å². The van der Waals surface area contributed by atoms with Crippen LogP contribution in [0.1, 0.15) is 27.8 Å². The van der Waals surface area contributed by atoms with E-state index in [1.165, 1.54) is 33.4 Å². The number of hydrogen-bond donors (Lipinski definition) is 0. The largest absolute Gasteiger partial charge is 0.417 e. The molecule has 0 saturated carbocycles. The van der Waals surface area contributed by atoms with Crippen LogP contribution in [0.4, 0.5) is 39.5 Å². The summed E-state index contributed by atoms with van der Waals surface area (Å²) in [7, 11) is 0. The minimum atomic E-state index is -5.05. The Balaban J connectivity index is 1.57. The summed E-state index contributed by atoms with van der Waals surface area (Å²) in [4.78, 5) is 0. The van der Waals surface area contributed by atoms with E-state index in [1.54, 1.807) is 54.6 Å². The van der Waals surface area contributed by atoms with Crippen LogP contribution in [-0.2, 0) is 18.5 Å². The Morgan fingerprint density at radius 1 is 0.426 bits per heavy atom. The highest BCUT2D eigenvalue weighted by Gasteiger charge is 2.36. The van der Waals surface area contributed by atoms with Gasteiger partial charge in [0.25, 0.3) is 0 Å². The van der Waals surface area contributed by atoms with Gasteiger partial charge < -0.3 is 9.13 Å². The summed E-state index contributed by atoms with van der Waals surface area (Å²) in [6, 6.07) is 28.1. The van der Waals surface area contributed by atoms with E-state index >= 15 is 0 Å². The SMILES string of the molecule is N#Cc1ccc(-c2cc(-n3c4ccccc4c4ccc(C(F)(F)F)cc43)c(C#N)cc2-n2c3ccccc3c3ccc(C(F)(F)F)cc32)c(C(F)(F)F)c1. The average Bonchev–Trinajstić information content (AvgIpc) is 3.65. The van der Waals surface area contributed by atoms with Crippen molar-refractivity contribution in [2.75, 3.05) is 0 Å². The molecular weight excluding hydrogens is 719 g/mol. The summed E-state index contributed by atoms with van der Waals surface area (Å²) < 4.78 is 132. The highest BCUT2D eigenvalue weighted by Crippen LogP contribution is 2.46. The Bertz CT molecular complexity index is 2930. The second kappa shape index (κ2) is 11.9. The summed E-state index contributed by atoms with van der Waals surface area (Å²) in [5.41, 5.74) is -4.12. The maximum atomic E-state index is 14.9. The maximum absolute atomic E-state index is 14.9. The first-order valence-corrected chi connectivity index (χ1v) is 16.0. The monoisotopic (exact) mass is 738 g/mol. The highest BCUT2D eigenvalue weighted by molar-refractivity contribution is 6.11. The van der Waals surface area contributed by atoms with Crippen molar-refractivity contribution >= 4 is 43.6 Å². The number of nitriles is 2. The number of alkyl halides is 9. The van der Waals surface area contributed by atoms with Crippen molar-refractivity contribution in [3.05, 3.63) is 143 Å². The van der Waals surface area contributed by atoms with E-state index in [4.69, 9.17) is 0 Å². The van der Waals surface area contributed by atoms with E-state index in [2.05, 4.69) is 0 Å². The van der Waals surface area contributed by atoms with Gasteiger partial charge in [-0.1, -0.05) is 54.6 Å². The van der Waals surface area contributed by atoms with Crippen LogP contribution in [0, 0.1) is 22.7 Å². The topological polar surface area (TPSA) is 57.4 Å². The molecule has 0 saturated heterocycles. The Hall–Kier alpha value is -6.73. The lowest BCUT2D eigenvalue weighted by atomic mass is 9.93. The van der Waals surface area contributed by atoms with Crippen molar-refractivity contribution in [2.24, 2.45) is 0 Å². The lowest BCUT2D eigenvalue weighted by molar-refractivity contribution is -0.138. The smallest absolute Gasteiger partial charge is 0.309 e. The summed E-state index contributed by atoms with van der Waals surface area (Å²) in [5.74, 6) is 0. The van der Waals surface area contributed by atoms with E-state index in [-0.39, 0.29) is 39.1 Å². The third-order valence-corrected chi connectivity index (χ3v) is 9.46. The molecule has 0 radical (unpaired) electrons. The first-order valence-electron chi connectivity index (χ1n) is 16.0. The highest BCUT2D eigenvalue weighted by atomic mass is 19.4. The molecule has 8 aromatic rings. The summed E-state index contributed by atoms with van der Waals surface area (Å²) >= 11 is 0. The molecule has 0 bridgehead atoms. The zero-order valence-electron chi connectivity index (χ0n) is 27.2. The molecule has 0 unspecified atom stereocenters. The summed E-state index contributed by atoms with van der Waals surface area (Å²) in [6.45, 7) is 0. The van der Waals surface area contributed by atoms with Crippen LogP contribution in [0.5, 0.6) is 0 Å². The summed E-state index contributed by atoms with van der Waals surface area (Å²) in [5, 5.41) is 21.8. The van der Waals surface area contributed by atoms with Crippen LogP contribution in [0.25, 0.3) is 66.1 Å². The fraction of sp³-hybridized carbons (Fsp3) is 0.0732. The van der Waals surface area contributed by atoms with Crippen molar-refractivity contribution in [1.82, 2.24) is 9.13 Å². The van der Waals surface area contributed by atoms with Crippen LogP contribution in [-0.4, -0.2) is 9.13 Å². The molecule has 0 aliphatic heterocycles. The van der Waals surface area contributed by atoms with Gasteiger partial charge in [-0.05, 0) is 66.2 Å². The van der Waals surface area contributed by atoms with Crippen molar-refractivity contribution in [3.8, 4) is 34.6 Å². The molecule has 2 heterocycles. The lowest BCUT2D eigenvalue weighted by Crippen LogP contribution is -2.10. The van der Waals surface area contributed by atoms with Crippen LogP contribution in [0.2, 0.25) is 0 Å². The van der Waals surface area contributed by atoms with Gasteiger partial charge in [0.2, 0.25) is 0 Å². The predicted octanol–water partition coefficient (Wildman–Crippen LogP) is 12.3. The van der Waals surface area contributed by atoms with Gasteiger partial charge in [0.05, 0.1) is 67.3 Å². The molecule has 8 rings (SSSR count). The minimum absolute atomic E-state index is 0.00350. The van der Waals surface area contributed by atoms with Crippen LogP contribution < -0.4 is 0 Å². The summed E-state index contributed by atoms with van der Waals surface area (Å²) in [6.07, 6.45) is -14.6. The van der Waals surface area contributed by atoms with E-state index in [0.29, 0.717) is 38.6 Å². The number of fused-ring (bicyclic) bond motifs is 6. The fourth-order valence-corrected chi connectivity index (χ4v) is 7.15. The van der Waals surface area contributed by atoms with E-state index in [0.717, 1.165) is 36.4 Å². The first kappa shape index (κ1) is 34.4. The maximum Gasteiger partial charge on any atom is 0.417 e. The number of rotatable bonds is 3. The van der Waals surface area contributed by atoms with Crippen molar-refractivity contribution < 1.29 is 39.5 Å². The van der Waals surface area contributed by atoms with Crippen molar-refractivity contribution in [2.45, 2.75) is 18.5 Å². The predicted molar refractivity (Wildman–Crippen MR) is 185 cm³/mol. The van der Waals surface area contributed by atoms with Crippen LogP contribution in [0.3, 0.4) is 0 Å². The number of para-hydroxylation sites is 2. The van der Waals surface area contributed by atoms with Gasteiger partial charge in [-0.15, -0.1) is 0 Å². The second-order valence-corrected chi connectivity index (χ2v) is 12.5. The number of nitrogens with zero attached hydrogens (tertiary/aromatic N) is 4. The third-order valence-electron chi connectivity index (χ3n) is 9.46. The molecule has 13 heteroatoms. The third kappa shape index (κ3) is 5.39. The molecule has 6 aromatic carbocycles. The molecule has 266 valence electrons. The Labute approximate surface area is 298 Å². The number of aromatic nitrogens is 2. The molecule has 0 fully saturated rings. The molecule has 0 atom stereocenters. The lowest BCUT2D eigenvalue weighted by Gasteiger charge is -2.21. The zero-order chi connectivity index (χ0) is 38.3. The van der Waals surface area contributed by atoms with Gasteiger partial charge in [0.15, 0.2) is 0 Å². The normalized spacial score (nSPS) is 12.5. The molecule has 0 N–H and O–H groups in total. The van der Waals surface area contributed by atoms with Crippen LogP contribution >= 0.6 is 0 Å². The van der Waals surface area contributed by atoms with Gasteiger partial charge in [0, 0.05) is 27.1 Å². The fourth-order valence-electron chi connectivity index (χ4n) is 7.15. The Kier molecular flexibility index (Phi) is 7.57. The van der Waals surface area contributed by atoms with E-state index < -0.39 is 40.8 Å². The van der Waals surface area contributed by atoms with Gasteiger partial charge in [-0.25, -0.2) is 0 Å². The average molecular weight is 739 g/mol. The molecule has 0 aliphatic rings. The first-order chi connectivity index (χ1) is 25.6. The minimum Gasteiger partial charge on any atom is -0.309 e. The van der Waals surface area contributed by atoms with Gasteiger partial charge in [-0.3, -0.25) is 0 Å². The molecular formula is C41H19F9N4. The Morgan fingerprint density at radius 3 is 1.41 bits per heavy atom. The molecule has 0 aliphatic carbocycles. The molecule has 0 amide bonds. The number of benzene rings is 6. The van der Waals surface area contributed by atoms with Gasteiger partial charge in [-0.2, -0.15) is 50.0 Å². The molecule has 2 aromatic heterocycles. The van der Waals surface area contributed by atoms with Crippen molar-refractivity contribution in [3.63, 3.8) is 0 Å².